The van der Waals surface area contributed by atoms with Crippen LogP contribution in [-0.2, 0) is 22.4 Å². The first-order valence-corrected chi connectivity index (χ1v) is 12.3. The fourth-order valence-electron chi connectivity index (χ4n) is 4.82. The average molecular weight is 513 g/mol. The third-order valence-electron chi connectivity index (χ3n) is 6.64. The standard InChI is InChI=1S/C27H23F3N2O3S/c1-17-5-3-4-6-21(17)24(33)32-13-14-36-26(32)22-15-20(35-2)11-12-23(22)31(25(26)34)16-18-7-9-19(10-8-18)27(28,29)30/h3-12,15H,13-14,16H2,1-2H3/t26-/m1/s1. The summed E-state index contributed by atoms with van der Waals surface area (Å²) in [5, 5.41) is 0. The predicted octanol–water partition coefficient (Wildman–Crippen LogP) is 5.61. The molecule has 2 amide bonds. The van der Waals surface area contributed by atoms with Crippen LogP contribution in [0.3, 0.4) is 0 Å². The van der Waals surface area contributed by atoms with Crippen LogP contribution in [0.4, 0.5) is 18.9 Å². The van der Waals surface area contributed by atoms with E-state index in [9.17, 15) is 22.8 Å². The molecule has 1 atom stereocenters. The second kappa shape index (κ2) is 8.89. The molecule has 0 bridgehead atoms. The van der Waals surface area contributed by atoms with Gasteiger partial charge in [0.05, 0.1) is 24.9 Å². The van der Waals surface area contributed by atoms with Gasteiger partial charge in [-0.1, -0.05) is 30.3 Å². The Hall–Kier alpha value is -3.46. The number of ether oxygens (including phenoxy) is 1. The molecule has 0 N–H and O–H groups in total. The van der Waals surface area contributed by atoms with Crippen molar-refractivity contribution >= 4 is 29.3 Å². The molecule has 0 unspecified atom stereocenters. The van der Waals surface area contributed by atoms with E-state index in [2.05, 4.69) is 0 Å². The molecule has 9 heteroatoms. The van der Waals surface area contributed by atoms with Gasteiger partial charge in [0.25, 0.3) is 11.8 Å². The molecular formula is C27H23F3N2O3S. The zero-order valence-electron chi connectivity index (χ0n) is 19.6. The van der Waals surface area contributed by atoms with Crippen molar-refractivity contribution < 1.29 is 27.5 Å². The molecular weight excluding hydrogens is 489 g/mol. The molecule has 1 fully saturated rings. The molecule has 0 aromatic heterocycles. The lowest BCUT2D eigenvalue weighted by Crippen LogP contribution is -2.50. The van der Waals surface area contributed by atoms with E-state index < -0.39 is 16.6 Å². The molecule has 2 heterocycles. The van der Waals surface area contributed by atoms with Gasteiger partial charge in [-0.05, 0) is 54.4 Å². The van der Waals surface area contributed by atoms with Gasteiger partial charge in [0, 0.05) is 23.4 Å². The van der Waals surface area contributed by atoms with Gasteiger partial charge in [0.15, 0.2) is 4.87 Å². The third kappa shape index (κ3) is 3.82. The quantitative estimate of drug-likeness (QED) is 0.456. The number of rotatable bonds is 4. The lowest BCUT2D eigenvalue weighted by molar-refractivity contribution is -0.137. The summed E-state index contributed by atoms with van der Waals surface area (Å²) in [6.45, 7) is 2.31. The van der Waals surface area contributed by atoms with E-state index in [4.69, 9.17) is 4.74 Å². The minimum Gasteiger partial charge on any atom is -0.497 e. The SMILES string of the molecule is COc1ccc2c(c1)[C@@]1(SCCN1C(=O)c1ccccc1C)C(=O)N2Cc1ccc(C(F)(F)F)cc1. The third-order valence-corrected chi connectivity index (χ3v) is 8.06. The first-order chi connectivity index (χ1) is 17.2. The summed E-state index contributed by atoms with van der Waals surface area (Å²) < 4.78 is 44.5. The summed E-state index contributed by atoms with van der Waals surface area (Å²) >= 11 is 1.39. The Labute approximate surface area is 210 Å². The largest absolute Gasteiger partial charge is 0.497 e. The summed E-state index contributed by atoms with van der Waals surface area (Å²) in [7, 11) is 1.53. The number of hydrogen-bond donors (Lipinski definition) is 0. The maximum absolute atomic E-state index is 14.1. The van der Waals surface area contributed by atoms with Gasteiger partial charge in [-0.15, -0.1) is 11.8 Å². The molecule has 2 aliphatic heterocycles. The van der Waals surface area contributed by atoms with Gasteiger partial charge in [-0.25, -0.2) is 0 Å². The van der Waals surface area contributed by atoms with Crippen molar-refractivity contribution in [2.75, 3.05) is 24.3 Å². The van der Waals surface area contributed by atoms with Crippen LogP contribution in [0.5, 0.6) is 5.75 Å². The Morgan fingerprint density at radius 1 is 1.08 bits per heavy atom. The molecule has 0 saturated carbocycles. The number of halogens is 3. The Bertz CT molecular complexity index is 1340. The number of nitrogens with zero attached hydrogens (tertiary/aromatic N) is 2. The zero-order chi connectivity index (χ0) is 25.7. The monoisotopic (exact) mass is 512 g/mol. The Balaban J connectivity index is 1.57. The Morgan fingerprint density at radius 3 is 2.47 bits per heavy atom. The number of carbonyl (C=O) groups is 2. The normalized spacial score (nSPS) is 19.2. The molecule has 0 aliphatic carbocycles. The highest BCUT2D eigenvalue weighted by Gasteiger charge is 2.59. The van der Waals surface area contributed by atoms with E-state index in [0.717, 1.165) is 17.7 Å². The second-order valence-electron chi connectivity index (χ2n) is 8.73. The molecule has 5 rings (SSSR count). The van der Waals surface area contributed by atoms with Crippen LogP contribution in [0.25, 0.3) is 0 Å². The van der Waals surface area contributed by atoms with E-state index in [1.807, 2.05) is 19.1 Å². The molecule has 36 heavy (non-hydrogen) atoms. The number of fused-ring (bicyclic) bond motifs is 2. The maximum Gasteiger partial charge on any atom is 0.416 e. The first-order valence-electron chi connectivity index (χ1n) is 11.3. The van der Waals surface area contributed by atoms with Crippen LogP contribution in [0, 0.1) is 6.92 Å². The van der Waals surface area contributed by atoms with Crippen molar-refractivity contribution in [1.29, 1.82) is 0 Å². The number of methoxy groups -OCH3 is 1. The van der Waals surface area contributed by atoms with Gasteiger partial charge in [-0.2, -0.15) is 13.2 Å². The average Bonchev–Trinajstić information content (AvgIpc) is 3.40. The fourth-order valence-corrected chi connectivity index (χ4v) is 6.27. The van der Waals surface area contributed by atoms with Crippen LogP contribution >= 0.6 is 11.8 Å². The van der Waals surface area contributed by atoms with Gasteiger partial charge < -0.3 is 14.5 Å². The van der Waals surface area contributed by atoms with Crippen molar-refractivity contribution in [1.82, 2.24) is 4.90 Å². The number of hydrogen-bond acceptors (Lipinski definition) is 4. The van der Waals surface area contributed by atoms with Gasteiger partial charge in [-0.3, -0.25) is 9.59 Å². The molecule has 5 nitrogen and oxygen atoms in total. The number of carbonyl (C=O) groups excluding carboxylic acids is 2. The summed E-state index contributed by atoms with van der Waals surface area (Å²) in [6.07, 6.45) is -4.44. The first kappa shape index (κ1) is 24.2. The van der Waals surface area contributed by atoms with E-state index in [1.54, 1.807) is 40.1 Å². The Morgan fingerprint density at radius 2 is 1.81 bits per heavy atom. The topological polar surface area (TPSA) is 49.9 Å². The number of thioether (sulfide) groups is 1. The summed E-state index contributed by atoms with van der Waals surface area (Å²) in [4.78, 5) is 29.8. The Kier molecular flexibility index (Phi) is 5.98. The number of amides is 2. The zero-order valence-corrected chi connectivity index (χ0v) is 20.4. The van der Waals surface area contributed by atoms with E-state index in [1.165, 1.54) is 31.0 Å². The molecule has 0 radical (unpaired) electrons. The van der Waals surface area contributed by atoms with Crippen molar-refractivity contribution in [3.63, 3.8) is 0 Å². The molecule has 1 saturated heterocycles. The highest BCUT2D eigenvalue weighted by Crippen LogP contribution is 2.55. The lowest BCUT2D eigenvalue weighted by Gasteiger charge is -2.33. The fraction of sp³-hybridized carbons (Fsp3) is 0.259. The second-order valence-corrected chi connectivity index (χ2v) is 10.0. The van der Waals surface area contributed by atoms with Gasteiger partial charge >= 0.3 is 6.18 Å². The van der Waals surface area contributed by atoms with Crippen LogP contribution < -0.4 is 9.64 Å². The lowest BCUT2D eigenvalue weighted by atomic mass is 10.0. The minimum absolute atomic E-state index is 0.0744. The number of aryl methyl sites for hydroxylation is 1. The number of benzene rings is 3. The van der Waals surface area contributed by atoms with Gasteiger partial charge in [0.2, 0.25) is 0 Å². The smallest absolute Gasteiger partial charge is 0.416 e. The summed E-state index contributed by atoms with van der Waals surface area (Å²) in [6, 6.07) is 17.3. The molecule has 1 spiro atoms. The number of alkyl halides is 3. The van der Waals surface area contributed by atoms with E-state index >= 15 is 0 Å². The van der Waals surface area contributed by atoms with Crippen molar-refractivity contribution in [2.24, 2.45) is 0 Å². The van der Waals surface area contributed by atoms with Crippen molar-refractivity contribution in [2.45, 2.75) is 24.5 Å². The highest BCUT2D eigenvalue weighted by atomic mass is 32.2. The van der Waals surface area contributed by atoms with Crippen molar-refractivity contribution in [3.8, 4) is 5.75 Å². The molecule has 3 aromatic rings. The van der Waals surface area contributed by atoms with E-state index in [0.29, 0.717) is 40.4 Å². The summed E-state index contributed by atoms with van der Waals surface area (Å²) in [5.41, 5.74) is 2.39. The van der Waals surface area contributed by atoms with Crippen LogP contribution in [0.15, 0.2) is 66.7 Å². The molecule has 3 aromatic carbocycles. The maximum atomic E-state index is 14.1. The molecule has 2 aliphatic rings. The van der Waals surface area contributed by atoms with Crippen molar-refractivity contribution in [3.05, 3.63) is 94.5 Å². The minimum atomic E-state index is -4.44. The summed E-state index contributed by atoms with van der Waals surface area (Å²) in [5.74, 6) is 0.577. The number of anilines is 1. The van der Waals surface area contributed by atoms with Crippen LogP contribution in [0.2, 0.25) is 0 Å². The predicted molar refractivity (Wildman–Crippen MR) is 132 cm³/mol. The molecule has 186 valence electrons. The van der Waals surface area contributed by atoms with E-state index in [-0.39, 0.29) is 18.4 Å². The highest BCUT2D eigenvalue weighted by molar-refractivity contribution is 8.01. The van der Waals surface area contributed by atoms with Gasteiger partial charge in [0.1, 0.15) is 5.75 Å². The van der Waals surface area contributed by atoms with Crippen LogP contribution in [0.1, 0.15) is 32.6 Å². The van der Waals surface area contributed by atoms with Crippen LogP contribution in [-0.4, -0.2) is 36.1 Å².